The summed E-state index contributed by atoms with van der Waals surface area (Å²) >= 11 is 0. The second kappa shape index (κ2) is 18.7. The van der Waals surface area contributed by atoms with E-state index in [2.05, 4.69) is 10.6 Å². The number of ether oxygens (including phenoxy) is 7. The highest BCUT2D eigenvalue weighted by Gasteiger charge is 2.24. The molecule has 0 heterocycles. The minimum atomic E-state index is -0.412. The molecule has 0 bridgehead atoms. The number of methoxy groups -OCH3 is 3. The molecule has 0 fully saturated rings. The molecule has 2 N–H and O–H groups in total. The highest BCUT2D eigenvalue weighted by molar-refractivity contribution is 5.90. The fraction of sp³-hybridized carbons (Fsp3) is 0.516. The van der Waals surface area contributed by atoms with Gasteiger partial charge in [0.15, 0.2) is 19.9 Å². The Kier molecular flexibility index (Phi) is 15.5. The number of hydrogen-bond acceptors (Lipinski definition) is 10. The molecule has 12 heteroatoms. The van der Waals surface area contributed by atoms with Crippen LogP contribution in [-0.4, -0.2) is 85.2 Å². The lowest BCUT2D eigenvalue weighted by Gasteiger charge is -2.22. The van der Waals surface area contributed by atoms with Crippen LogP contribution in [0.2, 0.25) is 0 Å². The third-order valence-electron chi connectivity index (χ3n) is 5.88. The molecule has 0 aliphatic rings. The maximum atomic E-state index is 12.4. The number of nitrogens with one attached hydrogen (secondary N) is 2. The van der Waals surface area contributed by atoms with Crippen LogP contribution in [0.4, 0.5) is 4.79 Å². The van der Waals surface area contributed by atoms with Crippen LogP contribution in [0.3, 0.4) is 0 Å². The summed E-state index contributed by atoms with van der Waals surface area (Å²) in [4.78, 5) is 36.7. The summed E-state index contributed by atoms with van der Waals surface area (Å²) in [6.07, 6.45) is 0.964. The molecule has 0 aromatic heterocycles. The van der Waals surface area contributed by atoms with Crippen molar-refractivity contribution >= 4 is 18.3 Å². The first-order valence-electron chi connectivity index (χ1n) is 13.9. The Labute approximate surface area is 253 Å². The predicted molar refractivity (Wildman–Crippen MR) is 159 cm³/mol. The van der Waals surface area contributed by atoms with Crippen LogP contribution < -0.4 is 20.1 Å². The van der Waals surface area contributed by atoms with E-state index in [1.54, 1.807) is 20.3 Å². The number of urea groups is 1. The van der Waals surface area contributed by atoms with Crippen molar-refractivity contribution in [3.8, 4) is 22.6 Å². The molecule has 0 radical (unpaired) electrons. The first kappa shape index (κ1) is 35.5. The molecule has 0 atom stereocenters. The smallest absolute Gasteiger partial charge is 0.315 e. The van der Waals surface area contributed by atoms with Gasteiger partial charge in [0, 0.05) is 32.7 Å². The van der Waals surface area contributed by atoms with Crippen LogP contribution >= 0.6 is 0 Å². The largest absolute Gasteiger partial charge is 0.469 e. The van der Waals surface area contributed by atoms with Crippen LogP contribution in [0.1, 0.15) is 48.7 Å². The van der Waals surface area contributed by atoms with Crippen LogP contribution in [0, 0.1) is 0 Å². The monoisotopic (exact) mass is 604 g/mol. The summed E-state index contributed by atoms with van der Waals surface area (Å²) in [5.41, 5.74) is 2.34. The van der Waals surface area contributed by atoms with Crippen molar-refractivity contribution < 1.29 is 47.5 Å². The minimum absolute atomic E-state index is 0.0578. The third-order valence-corrected chi connectivity index (χ3v) is 5.88. The van der Waals surface area contributed by atoms with E-state index in [9.17, 15) is 14.4 Å². The second-order valence-electron chi connectivity index (χ2n) is 10.4. The minimum Gasteiger partial charge on any atom is -0.469 e. The van der Waals surface area contributed by atoms with E-state index in [1.807, 2.05) is 45.0 Å². The average molecular weight is 605 g/mol. The van der Waals surface area contributed by atoms with Gasteiger partial charge in [0.1, 0.15) is 11.5 Å². The van der Waals surface area contributed by atoms with Gasteiger partial charge >= 0.3 is 12.0 Å². The molecule has 238 valence electrons. The number of benzene rings is 2. The highest BCUT2D eigenvalue weighted by atomic mass is 16.7. The molecule has 12 nitrogen and oxygen atoms in total. The Morgan fingerprint density at radius 1 is 0.884 bits per heavy atom. The van der Waals surface area contributed by atoms with Crippen LogP contribution in [0.15, 0.2) is 30.3 Å². The molecule has 0 saturated carbocycles. The molecular formula is C31H44N2O10. The average Bonchev–Trinajstić information content (AvgIpc) is 2.98. The van der Waals surface area contributed by atoms with E-state index in [1.165, 1.54) is 7.11 Å². The lowest BCUT2D eigenvalue weighted by atomic mass is 9.93. The number of amides is 2. The van der Waals surface area contributed by atoms with Crippen molar-refractivity contribution in [3.05, 3.63) is 47.0 Å². The van der Waals surface area contributed by atoms with E-state index in [-0.39, 0.29) is 56.9 Å². The van der Waals surface area contributed by atoms with E-state index in [0.717, 1.165) is 5.56 Å². The summed E-state index contributed by atoms with van der Waals surface area (Å²) in [6.45, 7) is 6.97. The van der Waals surface area contributed by atoms with Crippen molar-refractivity contribution in [1.82, 2.24) is 10.6 Å². The van der Waals surface area contributed by atoms with Crippen molar-refractivity contribution in [2.24, 2.45) is 0 Å². The summed E-state index contributed by atoms with van der Waals surface area (Å²) in [5.74, 6) is 0.191. The maximum Gasteiger partial charge on any atom is 0.315 e. The number of carbonyl (C=O) groups excluding carboxylic acids is 3. The van der Waals surface area contributed by atoms with Gasteiger partial charge in [0.25, 0.3) is 0 Å². The molecule has 0 unspecified atom stereocenters. The number of carbonyl (C=O) groups is 3. The molecule has 0 saturated heterocycles. The van der Waals surface area contributed by atoms with Crippen LogP contribution in [0.5, 0.6) is 11.5 Å². The molecule has 2 aromatic rings. The SMILES string of the molecule is COCCOCOc1c(C=O)cc(CCC(=O)OC)c(OCOCCOC)c1-c1cccc(CNC(=O)NC(C)(C)C)c1. The molecular weight excluding hydrogens is 560 g/mol. The molecule has 2 aromatic carbocycles. The lowest BCUT2D eigenvalue weighted by Crippen LogP contribution is -2.46. The fourth-order valence-corrected chi connectivity index (χ4v) is 3.93. The van der Waals surface area contributed by atoms with Crippen LogP contribution in [0.25, 0.3) is 11.1 Å². The summed E-state index contributed by atoms with van der Waals surface area (Å²) in [7, 11) is 4.44. The Bertz CT molecular complexity index is 1180. The third kappa shape index (κ3) is 12.6. The Balaban J connectivity index is 2.58. The van der Waals surface area contributed by atoms with Crippen molar-refractivity contribution in [2.75, 3.05) is 61.3 Å². The van der Waals surface area contributed by atoms with Crippen molar-refractivity contribution in [3.63, 3.8) is 0 Å². The standard InChI is InChI=1S/C31H44N2O10/c1-31(2,3)33-30(36)32-18-22-8-7-9-23(16-22)27-28(42-20-40-14-12-37-4)24(10-11-26(35)39-6)17-25(19-34)29(27)43-21-41-15-13-38-5/h7-9,16-17,19H,10-15,18,20-21H2,1-6H3,(H2,32,33,36). The zero-order chi connectivity index (χ0) is 31.7. The van der Waals surface area contributed by atoms with E-state index in [0.29, 0.717) is 48.5 Å². The Hall–Kier alpha value is -3.71. The van der Waals surface area contributed by atoms with Crippen molar-refractivity contribution in [1.29, 1.82) is 0 Å². The first-order valence-corrected chi connectivity index (χ1v) is 13.9. The fourth-order valence-electron chi connectivity index (χ4n) is 3.93. The first-order chi connectivity index (χ1) is 20.6. The van der Waals surface area contributed by atoms with E-state index in [4.69, 9.17) is 33.2 Å². The predicted octanol–water partition coefficient (Wildman–Crippen LogP) is 3.87. The maximum absolute atomic E-state index is 12.4. The summed E-state index contributed by atoms with van der Waals surface area (Å²) in [5, 5.41) is 5.73. The number of rotatable bonds is 19. The van der Waals surface area contributed by atoms with Gasteiger partial charge in [-0.1, -0.05) is 18.2 Å². The number of aldehydes is 1. The van der Waals surface area contributed by atoms with Gasteiger partial charge in [0.2, 0.25) is 0 Å². The zero-order valence-electron chi connectivity index (χ0n) is 25.9. The molecule has 0 aliphatic heterocycles. The summed E-state index contributed by atoms with van der Waals surface area (Å²) in [6, 6.07) is 8.71. The second-order valence-corrected chi connectivity index (χ2v) is 10.4. The van der Waals surface area contributed by atoms with Crippen molar-refractivity contribution in [2.45, 2.75) is 45.7 Å². The van der Waals surface area contributed by atoms with Gasteiger partial charge in [-0.05, 0) is 56.0 Å². The quantitative estimate of drug-likeness (QED) is 0.105. The molecule has 2 amide bonds. The molecule has 43 heavy (non-hydrogen) atoms. The van der Waals surface area contributed by atoms with Gasteiger partial charge in [-0.3, -0.25) is 9.59 Å². The topological polar surface area (TPSA) is 140 Å². The van der Waals surface area contributed by atoms with Gasteiger partial charge in [-0.2, -0.15) is 0 Å². The highest BCUT2D eigenvalue weighted by Crippen LogP contribution is 2.44. The van der Waals surface area contributed by atoms with Gasteiger partial charge < -0.3 is 43.8 Å². The number of aryl methyl sites for hydroxylation is 1. The van der Waals surface area contributed by atoms with Gasteiger partial charge in [0.05, 0.1) is 44.7 Å². The normalized spacial score (nSPS) is 11.1. The van der Waals surface area contributed by atoms with Crippen LogP contribution in [-0.2, 0) is 41.4 Å². The Morgan fingerprint density at radius 2 is 1.53 bits per heavy atom. The molecule has 0 spiro atoms. The molecule has 0 aliphatic carbocycles. The lowest BCUT2D eigenvalue weighted by molar-refractivity contribution is -0.140. The van der Waals surface area contributed by atoms with Gasteiger partial charge in [-0.25, -0.2) is 4.79 Å². The Morgan fingerprint density at radius 3 is 2.12 bits per heavy atom. The van der Waals surface area contributed by atoms with E-state index < -0.39 is 11.5 Å². The number of hydrogen-bond donors (Lipinski definition) is 2. The van der Waals surface area contributed by atoms with Gasteiger partial charge in [-0.15, -0.1) is 0 Å². The molecule has 2 rings (SSSR count). The summed E-state index contributed by atoms with van der Waals surface area (Å²) < 4.78 is 38.2. The number of esters is 1. The zero-order valence-corrected chi connectivity index (χ0v) is 25.9. The van der Waals surface area contributed by atoms with E-state index >= 15 is 0 Å².